The molecular formula is C58H36N2OS. The van der Waals surface area contributed by atoms with Gasteiger partial charge in [0.05, 0.1) is 22.4 Å². The molecule has 0 amide bonds. The lowest BCUT2D eigenvalue weighted by Gasteiger charge is -2.28. The molecule has 10 aromatic carbocycles. The molecule has 0 radical (unpaired) electrons. The predicted molar refractivity (Wildman–Crippen MR) is 264 cm³/mol. The average Bonchev–Trinajstić information content (AvgIpc) is 4.02. The topological polar surface area (TPSA) is 21.3 Å². The van der Waals surface area contributed by atoms with Gasteiger partial charge in [-0.3, -0.25) is 0 Å². The van der Waals surface area contributed by atoms with Crippen molar-refractivity contribution < 1.29 is 4.42 Å². The van der Waals surface area contributed by atoms with Crippen molar-refractivity contribution in [1.82, 2.24) is 4.57 Å². The summed E-state index contributed by atoms with van der Waals surface area (Å²) in [6.45, 7) is 0. The molecule has 0 aliphatic heterocycles. The third-order valence-corrected chi connectivity index (χ3v) is 13.8. The van der Waals surface area contributed by atoms with E-state index in [4.69, 9.17) is 4.42 Å². The minimum absolute atomic E-state index is 0.897. The van der Waals surface area contributed by atoms with Gasteiger partial charge in [-0.05, 0) is 71.6 Å². The van der Waals surface area contributed by atoms with Crippen LogP contribution in [-0.4, -0.2) is 4.57 Å². The molecule has 0 saturated heterocycles. The van der Waals surface area contributed by atoms with E-state index in [2.05, 4.69) is 222 Å². The van der Waals surface area contributed by atoms with Crippen LogP contribution in [0.1, 0.15) is 0 Å². The molecule has 0 unspecified atom stereocenters. The van der Waals surface area contributed by atoms with Crippen LogP contribution in [0, 0.1) is 0 Å². The van der Waals surface area contributed by atoms with Gasteiger partial charge >= 0.3 is 0 Å². The van der Waals surface area contributed by atoms with E-state index in [-0.39, 0.29) is 0 Å². The summed E-state index contributed by atoms with van der Waals surface area (Å²) in [5, 5.41) is 9.62. The lowest BCUT2D eigenvalue weighted by molar-refractivity contribution is 0.670. The fourth-order valence-electron chi connectivity index (χ4n) is 9.84. The van der Waals surface area contributed by atoms with Gasteiger partial charge in [-0.15, -0.1) is 11.3 Å². The monoisotopic (exact) mass is 808 g/mol. The molecule has 13 aromatic rings. The predicted octanol–water partition coefficient (Wildman–Crippen LogP) is 17.0. The molecule has 0 aliphatic carbocycles. The Bertz CT molecular complexity index is 3850. The molecule has 0 saturated carbocycles. The highest BCUT2D eigenvalue weighted by atomic mass is 32.1. The Morgan fingerprint density at radius 1 is 0.403 bits per heavy atom. The van der Waals surface area contributed by atoms with Gasteiger partial charge in [0.25, 0.3) is 0 Å². The number of hydrogen-bond acceptors (Lipinski definition) is 3. The number of rotatable bonds is 6. The van der Waals surface area contributed by atoms with Crippen LogP contribution in [0.15, 0.2) is 223 Å². The van der Waals surface area contributed by atoms with E-state index in [0.717, 1.165) is 55.8 Å². The summed E-state index contributed by atoms with van der Waals surface area (Å²) in [5.41, 5.74) is 13.1. The Morgan fingerprint density at radius 2 is 1.03 bits per heavy atom. The molecule has 0 atom stereocenters. The number of hydrogen-bond donors (Lipinski definition) is 0. The summed E-state index contributed by atoms with van der Waals surface area (Å²) < 4.78 is 11.6. The summed E-state index contributed by atoms with van der Waals surface area (Å²) in [4.78, 5) is 2.46. The maximum Gasteiger partial charge on any atom is 0.143 e. The SMILES string of the molecule is c1cc(-c2cccc3c2oc2ccccc23)cc(N(c2cc(-c3ccccc3-n3c4ccccc4c4ccccc43)c3sc4ccccc4c3c2)c2cccc3ccccc23)c1. The zero-order valence-electron chi connectivity index (χ0n) is 33.5. The molecule has 4 heteroatoms. The number of fused-ring (bicyclic) bond motifs is 10. The number of thiophene rings is 1. The van der Waals surface area contributed by atoms with Gasteiger partial charge in [0, 0.05) is 75.2 Å². The molecule has 3 heterocycles. The second-order valence-electron chi connectivity index (χ2n) is 16.0. The largest absolute Gasteiger partial charge is 0.455 e. The third kappa shape index (κ3) is 5.30. The summed E-state index contributed by atoms with van der Waals surface area (Å²) in [6, 6.07) is 79.3. The van der Waals surface area contributed by atoms with Crippen molar-refractivity contribution in [1.29, 1.82) is 0 Å². The van der Waals surface area contributed by atoms with E-state index < -0.39 is 0 Å². The average molecular weight is 809 g/mol. The quantitative estimate of drug-likeness (QED) is 0.167. The lowest BCUT2D eigenvalue weighted by atomic mass is 9.97. The Kier molecular flexibility index (Phi) is 7.78. The maximum atomic E-state index is 6.59. The number of benzene rings is 10. The van der Waals surface area contributed by atoms with Crippen LogP contribution in [-0.2, 0) is 0 Å². The van der Waals surface area contributed by atoms with Gasteiger partial charge in [0.15, 0.2) is 0 Å². The molecule has 290 valence electrons. The number of furan rings is 1. The van der Waals surface area contributed by atoms with Gasteiger partial charge in [-0.25, -0.2) is 0 Å². The first kappa shape index (κ1) is 34.9. The maximum absolute atomic E-state index is 6.59. The van der Waals surface area contributed by atoms with E-state index in [1.165, 1.54) is 63.9 Å². The van der Waals surface area contributed by atoms with Gasteiger partial charge < -0.3 is 13.9 Å². The van der Waals surface area contributed by atoms with Crippen LogP contribution in [0.2, 0.25) is 0 Å². The Hall–Kier alpha value is -7.92. The minimum atomic E-state index is 0.897. The van der Waals surface area contributed by atoms with Gasteiger partial charge in [-0.2, -0.15) is 0 Å². The van der Waals surface area contributed by atoms with E-state index in [0.29, 0.717) is 0 Å². The molecule has 3 aromatic heterocycles. The Balaban J connectivity index is 1.10. The number of anilines is 3. The Labute approximate surface area is 361 Å². The van der Waals surface area contributed by atoms with Crippen LogP contribution in [0.4, 0.5) is 17.1 Å². The highest BCUT2D eigenvalue weighted by Crippen LogP contribution is 2.49. The van der Waals surface area contributed by atoms with Crippen molar-refractivity contribution in [3.8, 4) is 27.9 Å². The van der Waals surface area contributed by atoms with Crippen LogP contribution in [0.25, 0.3) is 103 Å². The number of para-hydroxylation sites is 5. The first-order valence-electron chi connectivity index (χ1n) is 21.1. The first-order valence-corrected chi connectivity index (χ1v) is 21.9. The van der Waals surface area contributed by atoms with Crippen molar-refractivity contribution in [2.45, 2.75) is 0 Å². The molecule has 3 nitrogen and oxygen atoms in total. The standard InChI is InChI=1S/C58H36N2OS/c1-2-20-41-37(16-1)17-14-31-51(41)59(39-19-13-18-38(34-39)42-26-15-27-48-46-24-6-11-32-55(46)61-57(42)48)40-35-49(58-50(36-40)47-25-7-12-33-56(47)62-58)45-23-5-10-30-54(45)60-52-28-8-3-21-43(52)44-22-4-9-29-53(44)60/h1-36H. The van der Waals surface area contributed by atoms with Gasteiger partial charge in [-0.1, -0.05) is 158 Å². The van der Waals surface area contributed by atoms with Crippen molar-refractivity contribution in [2.75, 3.05) is 4.90 Å². The van der Waals surface area contributed by atoms with Crippen LogP contribution in [0.5, 0.6) is 0 Å². The molecule has 0 bridgehead atoms. The van der Waals surface area contributed by atoms with Crippen molar-refractivity contribution in [2.24, 2.45) is 0 Å². The minimum Gasteiger partial charge on any atom is -0.455 e. The van der Waals surface area contributed by atoms with Crippen molar-refractivity contribution in [3.63, 3.8) is 0 Å². The summed E-state index contributed by atoms with van der Waals surface area (Å²) in [5.74, 6) is 0. The van der Waals surface area contributed by atoms with E-state index in [1.54, 1.807) is 0 Å². The van der Waals surface area contributed by atoms with E-state index >= 15 is 0 Å². The lowest BCUT2D eigenvalue weighted by Crippen LogP contribution is -2.11. The summed E-state index contributed by atoms with van der Waals surface area (Å²) >= 11 is 1.88. The highest BCUT2D eigenvalue weighted by molar-refractivity contribution is 7.26. The second-order valence-corrected chi connectivity index (χ2v) is 17.1. The number of aromatic nitrogens is 1. The van der Waals surface area contributed by atoms with Crippen LogP contribution >= 0.6 is 11.3 Å². The smallest absolute Gasteiger partial charge is 0.143 e. The van der Waals surface area contributed by atoms with Gasteiger partial charge in [0.2, 0.25) is 0 Å². The normalized spacial score (nSPS) is 11.9. The molecule has 0 fully saturated rings. The molecular weight excluding hydrogens is 773 g/mol. The van der Waals surface area contributed by atoms with Gasteiger partial charge in [0.1, 0.15) is 11.2 Å². The molecule has 0 spiro atoms. The summed E-state index contributed by atoms with van der Waals surface area (Å²) in [6.07, 6.45) is 0. The summed E-state index contributed by atoms with van der Waals surface area (Å²) in [7, 11) is 0. The highest BCUT2D eigenvalue weighted by Gasteiger charge is 2.23. The van der Waals surface area contributed by atoms with Crippen LogP contribution in [0.3, 0.4) is 0 Å². The zero-order chi connectivity index (χ0) is 40.7. The fourth-order valence-corrected chi connectivity index (χ4v) is 11.0. The first-order chi connectivity index (χ1) is 30.8. The van der Waals surface area contributed by atoms with Crippen LogP contribution < -0.4 is 4.90 Å². The number of nitrogens with zero attached hydrogens (tertiary/aromatic N) is 2. The Morgan fingerprint density at radius 3 is 1.89 bits per heavy atom. The second kappa shape index (κ2) is 13.8. The van der Waals surface area contributed by atoms with Crippen molar-refractivity contribution >= 4 is 103 Å². The molecule has 0 N–H and O–H groups in total. The fraction of sp³-hybridized carbons (Fsp3) is 0. The molecule has 13 rings (SSSR count). The molecule has 62 heavy (non-hydrogen) atoms. The third-order valence-electron chi connectivity index (χ3n) is 12.6. The van der Waals surface area contributed by atoms with Crippen molar-refractivity contribution in [3.05, 3.63) is 218 Å². The molecule has 0 aliphatic rings. The van der Waals surface area contributed by atoms with E-state index in [9.17, 15) is 0 Å². The zero-order valence-corrected chi connectivity index (χ0v) is 34.3. The van der Waals surface area contributed by atoms with E-state index in [1.807, 2.05) is 17.4 Å².